The van der Waals surface area contributed by atoms with E-state index in [9.17, 15) is 13.2 Å². The zero-order chi connectivity index (χ0) is 11.3. The van der Waals surface area contributed by atoms with Crippen LogP contribution in [-0.4, -0.2) is 11.9 Å². The minimum atomic E-state index is -4.25. The Morgan fingerprint density at radius 2 is 1.87 bits per heavy atom. The van der Waals surface area contributed by atoms with Gasteiger partial charge in [0.2, 0.25) is 0 Å². The fourth-order valence-corrected chi connectivity index (χ4v) is 1.76. The van der Waals surface area contributed by atoms with Crippen molar-refractivity contribution in [3.63, 3.8) is 0 Å². The monoisotopic (exact) mass is 232 g/mol. The summed E-state index contributed by atoms with van der Waals surface area (Å²) in [7, 11) is 0. The first-order valence-corrected chi connectivity index (χ1v) is 5.49. The largest absolute Gasteiger partial charge is 0.422 e. The van der Waals surface area contributed by atoms with Crippen LogP contribution >= 0.6 is 11.8 Å². The standard InChI is InChI=1S/C11H11F3S/c1-2-15-10(11(12,13)14)8-9-6-4-3-5-7-9/h3-8H,2H2,1H3/b10-8+. The van der Waals surface area contributed by atoms with Crippen molar-refractivity contribution in [2.75, 3.05) is 5.75 Å². The molecule has 0 spiro atoms. The molecule has 0 fully saturated rings. The zero-order valence-electron chi connectivity index (χ0n) is 8.21. The van der Waals surface area contributed by atoms with Gasteiger partial charge in [-0.1, -0.05) is 37.3 Å². The Hall–Kier alpha value is -0.900. The predicted molar refractivity (Wildman–Crippen MR) is 58.6 cm³/mol. The van der Waals surface area contributed by atoms with Gasteiger partial charge in [0.25, 0.3) is 0 Å². The first-order valence-electron chi connectivity index (χ1n) is 4.50. The molecule has 1 rings (SSSR count). The molecule has 15 heavy (non-hydrogen) atoms. The van der Waals surface area contributed by atoms with Crippen molar-refractivity contribution in [3.8, 4) is 0 Å². The number of benzene rings is 1. The SMILES string of the molecule is CCS/C(=C/c1ccccc1)C(F)(F)F. The second kappa shape index (κ2) is 5.26. The second-order valence-corrected chi connectivity index (χ2v) is 4.16. The molecule has 0 aromatic heterocycles. The molecule has 0 atom stereocenters. The third kappa shape index (κ3) is 4.00. The number of hydrogen-bond donors (Lipinski definition) is 0. The van der Waals surface area contributed by atoms with Gasteiger partial charge in [0.15, 0.2) is 0 Å². The summed E-state index contributed by atoms with van der Waals surface area (Å²) in [6.07, 6.45) is -3.08. The van der Waals surface area contributed by atoms with E-state index in [1.807, 2.05) is 0 Å². The lowest BCUT2D eigenvalue weighted by Gasteiger charge is -2.09. The predicted octanol–water partition coefficient (Wildman–Crippen LogP) is 4.34. The Morgan fingerprint density at radius 3 is 2.33 bits per heavy atom. The Balaban J connectivity index is 2.94. The molecule has 0 unspecified atom stereocenters. The summed E-state index contributed by atoms with van der Waals surface area (Å²) in [5.41, 5.74) is 0.575. The Morgan fingerprint density at radius 1 is 1.27 bits per heavy atom. The van der Waals surface area contributed by atoms with E-state index >= 15 is 0 Å². The topological polar surface area (TPSA) is 0 Å². The van der Waals surface area contributed by atoms with Crippen LogP contribution in [0.3, 0.4) is 0 Å². The second-order valence-electron chi connectivity index (χ2n) is 2.85. The highest BCUT2D eigenvalue weighted by atomic mass is 32.2. The van der Waals surface area contributed by atoms with E-state index in [1.54, 1.807) is 37.3 Å². The Kier molecular flexibility index (Phi) is 4.27. The van der Waals surface area contributed by atoms with Crippen LogP contribution in [0.2, 0.25) is 0 Å². The van der Waals surface area contributed by atoms with Crippen molar-refractivity contribution in [1.29, 1.82) is 0 Å². The van der Waals surface area contributed by atoms with Crippen molar-refractivity contribution >= 4 is 17.8 Å². The van der Waals surface area contributed by atoms with E-state index in [4.69, 9.17) is 0 Å². The van der Waals surface area contributed by atoms with Crippen LogP contribution in [0.1, 0.15) is 12.5 Å². The maximum atomic E-state index is 12.5. The molecule has 1 aromatic carbocycles. The molecule has 0 aliphatic carbocycles. The van der Waals surface area contributed by atoms with Crippen LogP contribution in [0.15, 0.2) is 35.2 Å². The molecule has 0 saturated carbocycles. The van der Waals surface area contributed by atoms with Crippen molar-refractivity contribution in [2.24, 2.45) is 0 Å². The van der Waals surface area contributed by atoms with Crippen molar-refractivity contribution < 1.29 is 13.2 Å². The quantitative estimate of drug-likeness (QED) is 0.746. The summed E-state index contributed by atoms with van der Waals surface area (Å²) in [5.74, 6) is 0.415. The molecule has 0 saturated heterocycles. The maximum Gasteiger partial charge on any atom is 0.422 e. The lowest BCUT2D eigenvalue weighted by atomic mass is 10.2. The third-order valence-corrected chi connectivity index (χ3v) is 2.63. The van der Waals surface area contributed by atoms with Crippen LogP contribution in [0.25, 0.3) is 6.08 Å². The summed E-state index contributed by atoms with van der Waals surface area (Å²) >= 11 is 0.814. The smallest absolute Gasteiger partial charge is 0.166 e. The lowest BCUT2D eigenvalue weighted by molar-refractivity contribution is -0.0827. The molecule has 0 radical (unpaired) electrons. The number of alkyl halides is 3. The molecule has 4 heteroatoms. The summed E-state index contributed by atoms with van der Waals surface area (Å²) in [5, 5.41) is 0. The van der Waals surface area contributed by atoms with Gasteiger partial charge >= 0.3 is 6.18 Å². The minimum Gasteiger partial charge on any atom is -0.166 e. The van der Waals surface area contributed by atoms with Crippen LogP contribution < -0.4 is 0 Å². The molecular weight excluding hydrogens is 221 g/mol. The van der Waals surface area contributed by atoms with E-state index in [2.05, 4.69) is 0 Å². The Bertz CT molecular complexity index is 327. The molecule has 0 nitrogen and oxygen atoms in total. The van der Waals surface area contributed by atoms with Gasteiger partial charge in [-0.2, -0.15) is 13.2 Å². The van der Waals surface area contributed by atoms with Gasteiger partial charge in [-0.15, -0.1) is 11.8 Å². The van der Waals surface area contributed by atoms with Gasteiger partial charge in [0.05, 0.1) is 4.91 Å². The van der Waals surface area contributed by atoms with E-state index in [0.717, 1.165) is 11.8 Å². The normalized spacial score (nSPS) is 12.9. The van der Waals surface area contributed by atoms with Gasteiger partial charge < -0.3 is 0 Å². The Labute approximate surface area is 91.2 Å². The summed E-state index contributed by atoms with van der Waals surface area (Å²) in [4.78, 5) is -0.545. The molecule has 82 valence electrons. The highest BCUT2D eigenvalue weighted by Crippen LogP contribution is 2.35. The van der Waals surface area contributed by atoms with E-state index in [-0.39, 0.29) is 0 Å². The van der Waals surface area contributed by atoms with E-state index in [0.29, 0.717) is 11.3 Å². The maximum absolute atomic E-state index is 12.5. The first kappa shape index (κ1) is 12.2. The fourth-order valence-electron chi connectivity index (χ4n) is 1.06. The van der Waals surface area contributed by atoms with Crippen LogP contribution in [-0.2, 0) is 0 Å². The molecular formula is C11H11F3S. The van der Waals surface area contributed by atoms with Crippen molar-refractivity contribution in [1.82, 2.24) is 0 Å². The fraction of sp³-hybridized carbons (Fsp3) is 0.273. The van der Waals surface area contributed by atoms with E-state index < -0.39 is 11.1 Å². The van der Waals surface area contributed by atoms with Gasteiger partial charge in [0.1, 0.15) is 0 Å². The van der Waals surface area contributed by atoms with Gasteiger partial charge in [0, 0.05) is 0 Å². The average Bonchev–Trinajstić information content (AvgIpc) is 2.17. The minimum absolute atomic E-state index is 0.415. The van der Waals surface area contributed by atoms with Crippen LogP contribution in [0, 0.1) is 0 Å². The zero-order valence-corrected chi connectivity index (χ0v) is 9.03. The van der Waals surface area contributed by atoms with Crippen LogP contribution in [0.5, 0.6) is 0 Å². The molecule has 0 heterocycles. The molecule has 0 aliphatic heterocycles. The number of rotatable bonds is 3. The highest BCUT2D eigenvalue weighted by molar-refractivity contribution is 8.03. The third-order valence-electron chi connectivity index (χ3n) is 1.68. The summed E-state index contributed by atoms with van der Waals surface area (Å²) in [6, 6.07) is 8.52. The first-order chi connectivity index (χ1) is 7.04. The summed E-state index contributed by atoms with van der Waals surface area (Å²) in [6.45, 7) is 1.70. The van der Waals surface area contributed by atoms with Crippen molar-refractivity contribution in [2.45, 2.75) is 13.1 Å². The molecule has 1 aromatic rings. The average molecular weight is 232 g/mol. The van der Waals surface area contributed by atoms with Gasteiger partial charge in [-0.25, -0.2) is 0 Å². The molecule has 0 bridgehead atoms. The molecule has 0 amide bonds. The van der Waals surface area contributed by atoms with Gasteiger partial charge in [-0.05, 0) is 17.4 Å². The summed E-state index contributed by atoms with van der Waals surface area (Å²) < 4.78 is 37.5. The van der Waals surface area contributed by atoms with Gasteiger partial charge in [-0.3, -0.25) is 0 Å². The lowest BCUT2D eigenvalue weighted by Crippen LogP contribution is -2.09. The number of allylic oxidation sites excluding steroid dienone is 1. The number of thioether (sulfide) groups is 1. The molecule has 0 N–H and O–H groups in total. The van der Waals surface area contributed by atoms with E-state index in [1.165, 1.54) is 6.08 Å². The highest BCUT2D eigenvalue weighted by Gasteiger charge is 2.33. The van der Waals surface area contributed by atoms with Crippen molar-refractivity contribution in [3.05, 3.63) is 40.8 Å². The molecule has 0 aliphatic rings. The number of halogens is 3. The van der Waals surface area contributed by atoms with Crippen LogP contribution in [0.4, 0.5) is 13.2 Å². The number of hydrogen-bond acceptors (Lipinski definition) is 1.